The smallest absolute Gasteiger partial charge is 0.243 e. The molecule has 2 aliphatic heterocycles. The molecule has 0 aliphatic carbocycles. The zero-order valence-corrected chi connectivity index (χ0v) is 13.5. The van der Waals surface area contributed by atoms with Crippen molar-refractivity contribution in [2.24, 2.45) is 5.92 Å². The molecule has 1 aromatic rings. The second-order valence-electron chi connectivity index (χ2n) is 6.14. The van der Waals surface area contributed by atoms with Crippen LogP contribution in [0, 0.1) is 12.8 Å². The van der Waals surface area contributed by atoms with Crippen LogP contribution in [0.5, 0.6) is 0 Å². The number of hydrogen-bond donors (Lipinski definition) is 0. The fourth-order valence-corrected chi connectivity index (χ4v) is 4.99. The van der Waals surface area contributed by atoms with Crippen molar-refractivity contribution in [1.29, 1.82) is 0 Å². The van der Waals surface area contributed by atoms with Crippen LogP contribution in [-0.4, -0.2) is 50.1 Å². The summed E-state index contributed by atoms with van der Waals surface area (Å²) < 4.78 is 27.3. The Kier molecular flexibility index (Phi) is 3.81. The molecule has 0 saturated carbocycles. The van der Waals surface area contributed by atoms with E-state index in [1.54, 1.807) is 16.4 Å². The van der Waals surface area contributed by atoms with E-state index in [-0.39, 0.29) is 12.0 Å². The van der Waals surface area contributed by atoms with E-state index < -0.39 is 10.0 Å². The van der Waals surface area contributed by atoms with Crippen molar-refractivity contribution in [3.8, 4) is 0 Å². The minimum absolute atomic E-state index is 0.0123. The first-order valence-corrected chi connectivity index (χ1v) is 8.78. The monoisotopic (exact) mass is 310 g/mol. The van der Waals surface area contributed by atoms with Gasteiger partial charge in [0, 0.05) is 31.6 Å². The third-order valence-electron chi connectivity index (χ3n) is 4.62. The Morgan fingerprint density at radius 1 is 1.24 bits per heavy atom. The molecule has 0 bridgehead atoms. The molecule has 3 rings (SSSR count). The van der Waals surface area contributed by atoms with Gasteiger partial charge < -0.3 is 0 Å². The minimum Gasteiger partial charge on any atom is -0.299 e. The van der Waals surface area contributed by atoms with E-state index in [9.17, 15) is 8.42 Å². The van der Waals surface area contributed by atoms with Crippen LogP contribution in [0.4, 0.5) is 0 Å². The van der Waals surface area contributed by atoms with E-state index in [1.165, 1.54) is 0 Å². The number of hydroxylamine groups is 2. The predicted octanol–water partition coefficient (Wildman–Crippen LogP) is 1.64. The molecule has 0 amide bonds. The Morgan fingerprint density at radius 2 is 1.90 bits per heavy atom. The standard InChI is InChI=1S/C15H22N2O3S/c1-11-4-6-14(7-5-11)21(18,19)17-9-13-10-20-16(3)15(13)8-12(17)2/h4-7,12-13,15H,8-10H2,1-3H3/t12-,13-,15-/m1/s1. The summed E-state index contributed by atoms with van der Waals surface area (Å²) in [4.78, 5) is 5.92. The van der Waals surface area contributed by atoms with Crippen molar-refractivity contribution in [3.05, 3.63) is 29.8 Å². The number of hydrogen-bond acceptors (Lipinski definition) is 4. The highest BCUT2D eigenvalue weighted by molar-refractivity contribution is 7.89. The average Bonchev–Trinajstić information content (AvgIpc) is 2.79. The van der Waals surface area contributed by atoms with Crippen molar-refractivity contribution in [1.82, 2.24) is 9.37 Å². The summed E-state index contributed by atoms with van der Waals surface area (Å²) in [6.45, 7) is 5.07. The Hall–Kier alpha value is -0.950. The van der Waals surface area contributed by atoms with Gasteiger partial charge in [-0.1, -0.05) is 17.7 Å². The second-order valence-corrected chi connectivity index (χ2v) is 8.03. The quantitative estimate of drug-likeness (QED) is 0.833. The largest absolute Gasteiger partial charge is 0.299 e. The first kappa shape index (κ1) is 15.0. The molecule has 2 heterocycles. The van der Waals surface area contributed by atoms with Gasteiger partial charge in [-0.3, -0.25) is 4.84 Å². The molecule has 0 aromatic heterocycles. The summed E-state index contributed by atoms with van der Waals surface area (Å²) in [6, 6.07) is 7.39. The normalized spacial score (nSPS) is 31.3. The lowest BCUT2D eigenvalue weighted by molar-refractivity contribution is -0.112. The maximum atomic E-state index is 12.9. The van der Waals surface area contributed by atoms with Gasteiger partial charge >= 0.3 is 0 Å². The number of fused-ring (bicyclic) bond motifs is 1. The third kappa shape index (κ3) is 2.61. The fraction of sp³-hybridized carbons (Fsp3) is 0.600. The van der Waals surface area contributed by atoms with Crippen molar-refractivity contribution >= 4 is 10.0 Å². The Morgan fingerprint density at radius 3 is 2.57 bits per heavy atom. The van der Waals surface area contributed by atoms with E-state index in [1.807, 2.05) is 38.1 Å². The van der Waals surface area contributed by atoms with Gasteiger partial charge in [0.25, 0.3) is 0 Å². The SMILES string of the molecule is Cc1ccc(S(=O)(=O)N2C[C@@H]3CON(C)[C@@H]3C[C@H]2C)cc1. The van der Waals surface area contributed by atoms with Crippen LogP contribution in [0.25, 0.3) is 0 Å². The van der Waals surface area contributed by atoms with Crippen LogP contribution in [0.3, 0.4) is 0 Å². The van der Waals surface area contributed by atoms with Crippen molar-refractivity contribution in [2.45, 2.75) is 37.2 Å². The number of aryl methyl sites for hydroxylation is 1. The molecule has 0 unspecified atom stereocenters. The van der Waals surface area contributed by atoms with Crippen LogP contribution < -0.4 is 0 Å². The van der Waals surface area contributed by atoms with Crippen LogP contribution in [0.1, 0.15) is 18.9 Å². The number of nitrogens with zero attached hydrogens (tertiary/aromatic N) is 2. The van der Waals surface area contributed by atoms with Gasteiger partial charge in [-0.15, -0.1) is 0 Å². The summed E-state index contributed by atoms with van der Waals surface area (Å²) >= 11 is 0. The first-order valence-electron chi connectivity index (χ1n) is 7.34. The van der Waals surface area contributed by atoms with Gasteiger partial charge in [0.1, 0.15) is 0 Å². The first-order chi connectivity index (χ1) is 9.89. The zero-order chi connectivity index (χ0) is 15.2. The molecule has 6 heteroatoms. The second kappa shape index (κ2) is 5.35. The van der Waals surface area contributed by atoms with Crippen LogP contribution >= 0.6 is 0 Å². The Bertz CT molecular complexity index is 614. The van der Waals surface area contributed by atoms with E-state index in [0.717, 1.165) is 12.0 Å². The highest BCUT2D eigenvalue weighted by atomic mass is 32.2. The van der Waals surface area contributed by atoms with E-state index in [0.29, 0.717) is 24.1 Å². The van der Waals surface area contributed by atoms with Gasteiger partial charge in [-0.25, -0.2) is 8.42 Å². The number of piperidine rings is 1. The minimum atomic E-state index is -3.42. The lowest BCUT2D eigenvalue weighted by Crippen LogP contribution is -2.52. The molecule has 0 radical (unpaired) electrons. The molecule has 3 atom stereocenters. The molecule has 0 N–H and O–H groups in total. The maximum Gasteiger partial charge on any atom is 0.243 e. The zero-order valence-electron chi connectivity index (χ0n) is 12.7. The van der Waals surface area contributed by atoms with E-state index >= 15 is 0 Å². The van der Waals surface area contributed by atoms with Gasteiger partial charge in [0.05, 0.1) is 11.5 Å². The topological polar surface area (TPSA) is 49.9 Å². The lowest BCUT2D eigenvalue weighted by Gasteiger charge is -2.39. The molecule has 1 aromatic carbocycles. The van der Waals surface area contributed by atoms with Crippen LogP contribution in [0.2, 0.25) is 0 Å². The molecule has 2 saturated heterocycles. The molecule has 0 spiro atoms. The average molecular weight is 310 g/mol. The number of rotatable bonds is 2. The van der Waals surface area contributed by atoms with E-state index in [4.69, 9.17) is 4.84 Å². The Labute approximate surface area is 126 Å². The van der Waals surface area contributed by atoms with Crippen molar-refractivity contribution < 1.29 is 13.3 Å². The highest BCUT2D eigenvalue weighted by Gasteiger charge is 2.44. The highest BCUT2D eigenvalue weighted by Crippen LogP contribution is 2.34. The van der Waals surface area contributed by atoms with Crippen LogP contribution in [0.15, 0.2) is 29.2 Å². The summed E-state index contributed by atoms with van der Waals surface area (Å²) in [5.74, 6) is 0.256. The summed E-state index contributed by atoms with van der Waals surface area (Å²) in [7, 11) is -1.49. The maximum absolute atomic E-state index is 12.9. The summed E-state index contributed by atoms with van der Waals surface area (Å²) in [5.41, 5.74) is 1.06. The summed E-state index contributed by atoms with van der Waals surface area (Å²) in [6.07, 6.45) is 0.812. The van der Waals surface area contributed by atoms with E-state index in [2.05, 4.69) is 0 Å². The van der Waals surface area contributed by atoms with Gasteiger partial charge in [-0.2, -0.15) is 9.37 Å². The van der Waals surface area contributed by atoms with Crippen molar-refractivity contribution in [3.63, 3.8) is 0 Å². The summed E-state index contributed by atoms with van der Waals surface area (Å²) in [5, 5.41) is 1.89. The predicted molar refractivity (Wildman–Crippen MR) is 80.1 cm³/mol. The molecular formula is C15H22N2O3S. The molecule has 5 nitrogen and oxygen atoms in total. The van der Waals surface area contributed by atoms with Gasteiger partial charge in [-0.05, 0) is 32.4 Å². The molecule has 2 fully saturated rings. The molecule has 116 valence electrons. The van der Waals surface area contributed by atoms with Crippen molar-refractivity contribution in [2.75, 3.05) is 20.2 Å². The van der Waals surface area contributed by atoms with Gasteiger partial charge in [0.2, 0.25) is 10.0 Å². The Balaban J connectivity index is 1.87. The fourth-order valence-electron chi connectivity index (χ4n) is 3.29. The van der Waals surface area contributed by atoms with Gasteiger partial charge in [0.15, 0.2) is 0 Å². The van der Waals surface area contributed by atoms with Crippen LogP contribution in [-0.2, 0) is 14.9 Å². The third-order valence-corrected chi connectivity index (χ3v) is 6.61. The lowest BCUT2D eigenvalue weighted by atomic mass is 9.91. The molecular weight excluding hydrogens is 288 g/mol. The molecule has 21 heavy (non-hydrogen) atoms. The number of benzene rings is 1. The molecule has 2 aliphatic rings. The number of sulfonamides is 1.